The second-order valence-electron chi connectivity index (χ2n) is 5.35. The van der Waals surface area contributed by atoms with Crippen LogP contribution in [0.4, 0.5) is 0 Å². The number of carboxylic acid groups (broad SMARTS) is 1. The Bertz CT molecular complexity index is 935. The number of aromatic carboxylic acids is 1. The van der Waals surface area contributed by atoms with Gasteiger partial charge in [0.25, 0.3) is 0 Å². The summed E-state index contributed by atoms with van der Waals surface area (Å²) in [7, 11) is 1.23. The second kappa shape index (κ2) is 14.2. The fourth-order valence-corrected chi connectivity index (χ4v) is 2.22. The van der Waals surface area contributed by atoms with Crippen LogP contribution in [0.2, 0.25) is 0 Å². The number of aliphatic imine (C=N–C) groups is 2. The molecule has 2 aromatic rings. The number of para-hydroxylation sites is 2. The van der Waals surface area contributed by atoms with Gasteiger partial charge in [0, 0.05) is 40.6 Å². The Balaban J connectivity index is 0.00000272. The van der Waals surface area contributed by atoms with Gasteiger partial charge < -0.3 is 20.1 Å². The van der Waals surface area contributed by atoms with Crippen LogP contribution in [-0.4, -0.2) is 59.9 Å². The van der Waals surface area contributed by atoms with E-state index in [9.17, 15) is 19.8 Å². The molecular weight excluding hydrogens is 483 g/mol. The van der Waals surface area contributed by atoms with E-state index in [0.717, 1.165) is 17.4 Å². The van der Waals surface area contributed by atoms with Crippen LogP contribution in [-0.2, 0) is 42.8 Å². The topological polar surface area (TPSA) is 146 Å². The fourth-order valence-electron chi connectivity index (χ4n) is 2.22. The molecule has 0 unspecified atom stereocenters. The molecule has 0 saturated carbocycles. The molecule has 0 amide bonds. The molecule has 11 heteroatoms. The summed E-state index contributed by atoms with van der Waals surface area (Å²) < 4.78 is 12.8. The quantitative estimate of drug-likeness (QED) is 0.228. The van der Waals surface area contributed by atoms with Gasteiger partial charge in [0.1, 0.15) is 22.6 Å². The van der Waals surface area contributed by atoms with Crippen LogP contribution in [0, 0.1) is 0 Å². The number of phenols is 2. The van der Waals surface area contributed by atoms with Crippen LogP contribution in [0.25, 0.3) is 0 Å². The molecular formula is C19H18CuN2O7V. The molecule has 0 heterocycles. The van der Waals surface area contributed by atoms with Gasteiger partial charge in [-0.15, -0.1) is 0 Å². The Morgan fingerprint density at radius 1 is 0.933 bits per heavy atom. The Hall–Kier alpha value is -2.78. The van der Waals surface area contributed by atoms with Gasteiger partial charge in [-0.3, -0.25) is 9.98 Å². The van der Waals surface area contributed by atoms with Gasteiger partial charge in [-0.05, 0) is 24.3 Å². The third-order valence-corrected chi connectivity index (χ3v) is 3.59. The number of methoxy groups -OCH3 is 1. The number of carboxylic acids is 1. The first-order chi connectivity index (χ1) is 14.0. The van der Waals surface area contributed by atoms with Crippen LogP contribution in [0.15, 0.2) is 46.4 Å². The Morgan fingerprint density at radius 2 is 1.37 bits per heavy atom. The number of rotatable bonds is 7. The molecule has 30 heavy (non-hydrogen) atoms. The molecule has 3 N–H and O–H groups in total. The summed E-state index contributed by atoms with van der Waals surface area (Å²) in [6.45, 7) is 0.572. The Labute approximate surface area is 192 Å². The molecule has 162 valence electrons. The van der Waals surface area contributed by atoms with Crippen molar-refractivity contribution in [2.24, 2.45) is 9.98 Å². The van der Waals surface area contributed by atoms with Crippen LogP contribution in [0.1, 0.15) is 31.8 Å². The van der Waals surface area contributed by atoms with E-state index in [0.29, 0.717) is 11.1 Å². The van der Waals surface area contributed by atoms with Gasteiger partial charge in [0.05, 0.1) is 20.2 Å². The van der Waals surface area contributed by atoms with E-state index in [-0.39, 0.29) is 52.8 Å². The summed E-state index contributed by atoms with van der Waals surface area (Å²) >= 11 is 1.06. The zero-order chi connectivity index (χ0) is 21.8. The average Bonchev–Trinajstić information content (AvgIpc) is 2.73. The normalized spacial score (nSPS) is 10.1. The number of esters is 1. The molecule has 2 rings (SSSR count). The summed E-state index contributed by atoms with van der Waals surface area (Å²) in [6, 6.07) is 9.01. The first kappa shape index (κ1) is 27.2. The number of carbonyl (C=O) groups is 2. The van der Waals surface area contributed by atoms with Crippen molar-refractivity contribution in [1.82, 2.24) is 0 Å². The van der Waals surface area contributed by atoms with Crippen molar-refractivity contribution in [2.45, 2.75) is 0 Å². The van der Waals surface area contributed by atoms with Gasteiger partial charge >= 0.3 is 33.0 Å². The van der Waals surface area contributed by atoms with Crippen molar-refractivity contribution >= 4 is 24.4 Å². The third-order valence-electron chi connectivity index (χ3n) is 3.59. The molecule has 0 bridgehead atoms. The van der Waals surface area contributed by atoms with E-state index in [1.807, 2.05) is 0 Å². The molecule has 1 radical (unpaired) electrons. The third kappa shape index (κ3) is 7.57. The standard InChI is InChI=1S/C19H18N2O6.Cu.O.V/c1-27-19(26)15-7-3-5-13(17(15)23)11-21-9-8-20-10-12-4-2-6-14(16(12)22)18(24)25;;;/h2-7,10-11,22-23H,8-9H2,1H3,(H,24,25);;;. The average molecular weight is 501 g/mol. The monoisotopic (exact) mass is 500 g/mol. The fraction of sp³-hybridized carbons (Fsp3) is 0.158. The molecule has 0 aliphatic carbocycles. The number of ether oxygens (including phenoxy) is 1. The van der Waals surface area contributed by atoms with Gasteiger partial charge in [-0.25, -0.2) is 9.59 Å². The van der Waals surface area contributed by atoms with Gasteiger partial charge in [0.2, 0.25) is 0 Å². The zero-order valence-corrected chi connectivity index (χ0v) is 18.0. The van der Waals surface area contributed by atoms with E-state index in [1.165, 1.54) is 37.7 Å². The second-order valence-corrected chi connectivity index (χ2v) is 5.35. The summed E-state index contributed by atoms with van der Waals surface area (Å²) in [6.07, 6.45) is 2.78. The molecule has 0 aromatic heterocycles. The molecule has 0 saturated heterocycles. The van der Waals surface area contributed by atoms with E-state index < -0.39 is 11.9 Å². The number of benzene rings is 2. The molecule has 0 spiro atoms. The van der Waals surface area contributed by atoms with E-state index in [2.05, 4.69) is 14.7 Å². The van der Waals surface area contributed by atoms with Crippen LogP contribution < -0.4 is 0 Å². The first-order valence-electron chi connectivity index (χ1n) is 8.09. The summed E-state index contributed by atoms with van der Waals surface area (Å²) in [5.74, 6) is -2.43. The number of phenolic OH excluding ortho intramolecular Hbond substituents is 1. The SMILES string of the molecule is COC(=O)c1cccc(C=NCCN=Cc2cccc(C(=O)O)c2O)c1O.[Cu].[O]=[V]. The number of aromatic hydroxyl groups is 2. The summed E-state index contributed by atoms with van der Waals surface area (Å²) in [5, 5.41) is 28.9. The van der Waals surface area contributed by atoms with E-state index in [4.69, 9.17) is 8.78 Å². The summed E-state index contributed by atoms with van der Waals surface area (Å²) in [5.41, 5.74) is 0.516. The molecule has 0 atom stereocenters. The van der Waals surface area contributed by atoms with Gasteiger partial charge in [-0.2, -0.15) is 0 Å². The van der Waals surface area contributed by atoms with E-state index >= 15 is 0 Å². The number of hydrogen-bond donors (Lipinski definition) is 3. The van der Waals surface area contributed by atoms with E-state index in [1.54, 1.807) is 18.2 Å². The first-order valence-corrected chi connectivity index (χ1v) is 8.66. The number of nitrogens with zero attached hydrogens (tertiary/aromatic N) is 2. The Morgan fingerprint density at radius 3 is 1.80 bits per heavy atom. The van der Waals surface area contributed by atoms with Crippen molar-refractivity contribution in [3.05, 3.63) is 58.7 Å². The molecule has 0 fully saturated rings. The van der Waals surface area contributed by atoms with Gasteiger partial charge in [0.15, 0.2) is 0 Å². The minimum absolute atomic E-state index is 0. The molecule has 0 aliphatic heterocycles. The maximum absolute atomic E-state index is 11.5. The minimum atomic E-state index is -1.22. The predicted molar refractivity (Wildman–Crippen MR) is 100 cm³/mol. The maximum atomic E-state index is 11.5. The van der Waals surface area contributed by atoms with Crippen LogP contribution in [0.3, 0.4) is 0 Å². The summed E-state index contributed by atoms with van der Waals surface area (Å²) in [4.78, 5) is 30.7. The predicted octanol–water partition coefficient (Wildman–Crippen LogP) is 2.00. The molecule has 2 aromatic carbocycles. The number of carbonyl (C=O) groups excluding carboxylic acids is 1. The van der Waals surface area contributed by atoms with Crippen molar-refractivity contribution in [3.63, 3.8) is 0 Å². The Kier molecular flexibility index (Phi) is 12.9. The molecule has 9 nitrogen and oxygen atoms in total. The van der Waals surface area contributed by atoms with Crippen molar-refractivity contribution < 1.29 is 67.8 Å². The van der Waals surface area contributed by atoms with Gasteiger partial charge in [-0.1, -0.05) is 12.1 Å². The van der Waals surface area contributed by atoms with Crippen molar-refractivity contribution in [2.75, 3.05) is 20.2 Å². The van der Waals surface area contributed by atoms with Crippen molar-refractivity contribution in [3.8, 4) is 11.5 Å². The van der Waals surface area contributed by atoms with Crippen LogP contribution in [0.5, 0.6) is 11.5 Å². The van der Waals surface area contributed by atoms with Crippen molar-refractivity contribution in [1.29, 1.82) is 0 Å². The number of hydrogen-bond acceptors (Lipinski definition) is 8. The van der Waals surface area contributed by atoms with Crippen LogP contribution >= 0.6 is 0 Å². The molecule has 0 aliphatic rings. The zero-order valence-electron chi connectivity index (χ0n) is 15.7.